The van der Waals surface area contributed by atoms with Gasteiger partial charge in [0.1, 0.15) is 11.4 Å². The Bertz CT molecular complexity index is 1150. The molecule has 3 aromatic rings. The zero-order chi connectivity index (χ0) is 23.3. The summed E-state index contributed by atoms with van der Waals surface area (Å²) in [5, 5.41) is 0. The van der Waals surface area contributed by atoms with Gasteiger partial charge < -0.3 is 0 Å². The van der Waals surface area contributed by atoms with Crippen molar-refractivity contribution in [2.75, 3.05) is 0 Å². The van der Waals surface area contributed by atoms with E-state index in [1.807, 2.05) is 0 Å². The maximum absolute atomic E-state index is 2.71. The van der Waals surface area contributed by atoms with E-state index in [0.29, 0.717) is 17.3 Å². The summed E-state index contributed by atoms with van der Waals surface area (Å²) in [6, 6.07) is 16.0. The van der Waals surface area contributed by atoms with E-state index >= 15 is 0 Å². The minimum atomic E-state index is 0.483. The molecule has 2 aliphatic rings. The summed E-state index contributed by atoms with van der Waals surface area (Å²) in [6.45, 7) is 11.7. The lowest BCUT2D eigenvalue weighted by Gasteiger charge is -2.32. The third kappa shape index (κ3) is 3.66. The summed E-state index contributed by atoms with van der Waals surface area (Å²) in [5.74, 6) is 2.33. The number of hydrogen-bond donors (Lipinski definition) is 0. The van der Waals surface area contributed by atoms with Crippen LogP contribution in [0, 0.1) is 12.3 Å². The molecule has 0 saturated heterocycles. The van der Waals surface area contributed by atoms with Gasteiger partial charge >= 0.3 is 0 Å². The first-order valence-corrected chi connectivity index (χ1v) is 13.1. The molecule has 2 heteroatoms. The quantitative estimate of drug-likeness (QED) is 0.369. The highest BCUT2D eigenvalue weighted by atomic mass is 15.2. The van der Waals surface area contributed by atoms with Crippen molar-refractivity contribution < 1.29 is 4.57 Å². The normalized spacial score (nSPS) is 17.3. The number of fused-ring (bicyclic) bond motifs is 1. The van der Waals surface area contributed by atoms with Crippen molar-refractivity contribution >= 4 is 0 Å². The molecular weight excluding hydrogens is 400 g/mol. The molecule has 0 bridgehead atoms. The molecular formula is C31H41N2+. The highest BCUT2D eigenvalue weighted by molar-refractivity contribution is 5.65. The molecule has 1 fully saturated rings. The Morgan fingerprint density at radius 3 is 2.06 bits per heavy atom. The van der Waals surface area contributed by atoms with E-state index in [2.05, 4.69) is 93.3 Å². The van der Waals surface area contributed by atoms with Gasteiger partial charge in [0, 0.05) is 24.0 Å². The Labute approximate surface area is 200 Å². The molecule has 0 amide bonds. The Kier molecular flexibility index (Phi) is 5.75. The summed E-state index contributed by atoms with van der Waals surface area (Å²) in [6.07, 6.45) is 9.48. The van der Waals surface area contributed by atoms with Gasteiger partial charge in [0.15, 0.2) is 5.69 Å². The molecule has 0 N–H and O–H groups in total. The second-order valence-corrected chi connectivity index (χ2v) is 11.4. The van der Waals surface area contributed by atoms with Crippen LogP contribution in [0.15, 0.2) is 42.5 Å². The molecule has 0 aliphatic heterocycles. The lowest BCUT2D eigenvalue weighted by atomic mass is 9.72. The predicted octanol–water partition coefficient (Wildman–Crippen LogP) is 7.57. The number of para-hydroxylation sites is 1. The molecule has 174 valence electrons. The summed E-state index contributed by atoms with van der Waals surface area (Å²) >= 11 is 0. The van der Waals surface area contributed by atoms with Crippen LogP contribution in [0.2, 0.25) is 0 Å². The van der Waals surface area contributed by atoms with Gasteiger partial charge in [0.25, 0.3) is 5.82 Å². The maximum Gasteiger partial charge on any atom is 0.294 e. The Hall–Kier alpha value is -2.35. The van der Waals surface area contributed by atoms with Crippen molar-refractivity contribution in [3.8, 4) is 17.1 Å². The largest absolute Gasteiger partial charge is 0.294 e. The van der Waals surface area contributed by atoms with E-state index in [1.54, 1.807) is 11.4 Å². The SMILES string of the molecule is Cc1ccccc1-c1n(-c2c(C(C)C)cccc2C(C)C)c2c([n+]1C)CC1(CCCCC1)C2. The summed E-state index contributed by atoms with van der Waals surface area (Å²) in [4.78, 5) is 0. The van der Waals surface area contributed by atoms with E-state index in [9.17, 15) is 0 Å². The van der Waals surface area contributed by atoms with Crippen LogP contribution in [-0.2, 0) is 19.9 Å². The van der Waals surface area contributed by atoms with Gasteiger partial charge in [-0.2, -0.15) is 4.57 Å². The van der Waals surface area contributed by atoms with Crippen molar-refractivity contribution in [3.05, 3.63) is 70.5 Å². The Balaban J connectivity index is 1.84. The average Bonchev–Trinajstić information content (AvgIpc) is 3.27. The average molecular weight is 442 g/mol. The fourth-order valence-electron chi connectivity index (χ4n) is 6.69. The van der Waals surface area contributed by atoms with E-state index in [4.69, 9.17) is 0 Å². The first-order valence-electron chi connectivity index (χ1n) is 13.1. The molecule has 2 aliphatic carbocycles. The maximum atomic E-state index is 2.71. The third-order valence-corrected chi connectivity index (χ3v) is 8.49. The monoisotopic (exact) mass is 441 g/mol. The van der Waals surface area contributed by atoms with E-state index in [-0.39, 0.29) is 0 Å². The minimum Gasteiger partial charge on any atom is -0.229 e. The van der Waals surface area contributed by atoms with Gasteiger partial charge in [-0.25, -0.2) is 4.57 Å². The Morgan fingerprint density at radius 1 is 0.818 bits per heavy atom. The summed E-state index contributed by atoms with van der Waals surface area (Å²) in [7, 11) is 2.33. The Morgan fingerprint density at radius 2 is 1.45 bits per heavy atom. The van der Waals surface area contributed by atoms with E-state index in [1.165, 1.54) is 78.7 Å². The topological polar surface area (TPSA) is 8.81 Å². The number of benzene rings is 2. The van der Waals surface area contributed by atoms with Crippen molar-refractivity contribution in [1.82, 2.24) is 4.57 Å². The second-order valence-electron chi connectivity index (χ2n) is 11.4. The molecule has 0 radical (unpaired) electrons. The molecule has 1 saturated carbocycles. The number of rotatable bonds is 4. The molecule has 0 unspecified atom stereocenters. The van der Waals surface area contributed by atoms with Gasteiger partial charge in [0.05, 0.1) is 12.6 Å². The zero-order valence-corrected chi connectivity index (χ0v) is 21.5. The second kappa shape index (κ2) is 8.46. The highest BCUT2D eigenvalue weighted by Gasteiger charge is 2.47. The van der Waals surface area contributed by atoms with Gasteiger partial charge in [0.2, 0.25) is 0 Å². The molecule has 5 rings (SSSR count). The van der Waals surface area contributed by atoms with Gasteiger partial charge in [-0.1, -0.05) is 83.4 Å². The molecule has 1 heterocycles. The van der Waals surface area contributed by atoms with Crippen molar-refractivity contribution in [2.24, 2.45) is 12.5 Å². The lowest BCUT2D eigenvalue weighted by molar-refractivity contribution is -0.667. The van der Waals surface area contributed by atoms with Gasteiger partial charge in [-0.05, 0) is 48.6 Å². The van der Waals surface area contributed by atoms with Crippen molar-refractivity contribution in [1.29, 1.82) is 0 Å². The van der Waals surface area contributed by atoms with E-state index < -0.39 is 0 Å². The molecule has 2 aromatic carbocycles. The minimum absolute atomic E-state index is 0.483. The molecule has 2 nitrogen and oxygen atoms in total. The van der Waals surface area contributed by atoms with Crippen LogP contribution in [0.25, 0.3) is 17.1 Å². The van der Waals surface area contributed by atoms with Crippen molar-refractivity contribution in [2.45, 2.75) is 91.4 Å². The van der Waals surface area contributed by atoms with Crippen LogP contribution in [0.4, 0.5) is 0 Å². The highest BCUT2D eigenvalue weighted by Crippen LogP contribution is 2.49. The van der Waals surface area contributed by atoms with Crippen LogP contribution < -0.4 is 4.57 Å². The summed E-state index contributed by atoms with van der Waals surface area (Å²) in [5.41, 5.74) is 10.7. The van der Waals surface area contributed by atoms with E-state index in [0.717, 1.165) is 0 Å². The molecule has 1 aromatic heterocycles. The zero-order valence-electron chi connectivity index (χ0n) is 21.5. The van der Waals surface area contributed by atoms with Crippen LogP contribution in [0.1, 0.15) is 99.7 Å². The number of aromatic nitrogens is 2. The third-order valence-electron chi connectivity index (χ3n) is 8.49. The van der Waals surface area contributed by atoms with Gasteiger partial charge in [-0.15, -0.1) is 0 Å². The number of aryl methyl sites for hydroxylation is 1. The molecule has 33 heavy (non-hydrogen) atoms. The number of nitrogens with zero attached hydrogens (tertiary/aromatic N) is 2. The van der Waals surface area contributed by atoms with Crippen LogP contribution >= 0.6 is 0 Å². The predicted molar refractivity (Wildman–Crippen MR) is 138 cm³/mol. The van der Waals surface area contributed by atoms with Crippen LogP contribution in [-0.4, -0.2) is 4.57 Å². The number of imidazole rings is 1. The fraction of sp³-hybridized carbons (Fsp3) is 0.516. The van der Waals surface area contributed by atoms with Gasteiger partial charge in [-0.3, -0.25) is 0 Å². The fourth-order valence-corrected chi connectivity index (χ4v) is 6.69. The first kappa shape index (κ1) is 22.4. The standard InChI is InChI=1S/C31H41N2/c1-21(2)24-15-12-16-25(22(3)4)29(24)33-28-20-31(17-10-7-11-18-31)19-27(28)32(6)30(33)26-14-9-8-13-23(26)5/h8-9,12-16,21-22H,7,10-11,17-20H2,1-6H3/q+1. The van der Waals surface area contributed by atoms with Crippen LogP contribution in [0.3, 0.4) is 0 Å². The first-order chi connectivity index (χ1) is 15.8. The van der Waals surface area contributed by atoms with Crippen molar-refractivity contribution in [3.63, 3.8) is 0 Å². The molecule has 1 spiro atoms. The lowest BCUT2D eigenvalue weighted by Crippen LogP contribution is -2.37. The smallest absolute Gasteiger partial charge is 0.229 e. The molecule has 0 atom stereocenters. The van der Waals surface area contributed by atoms with Crippen LogP contribution in [0.5, 0.6) is 0 Å². The number of hydrogen-bond acceptors (Lipinski definition) is 0. The summed E-state index contributed by atoms with van der Waals surface area (Å²) < 4.78 is 5.27.